The van der Waals surface area contributed by atoms with Crippen LogP contribution in [0.4, 0.5) is 13.2 Å². The van der Waals surface area contributed by atoms with Crippen LogP contribution >= 0.6 is 0 Å². The molecule has 0 saturated carbocycles. The van der Waals surface area contributed by atoms with Crippen molar-refractivity contribution in [2.24, 2.45) is 5.92 Å². The van der Waals surface area contributed by atoms with Crippen LogP contribution in [0.2, 0.25) is 0 Å². The smallest absolute Gasteiger partial charge is 0.453 e. The van der Waals surface area contributed by atoms with E-state index in [1.165, 1.54) is 6.07 Å². The number of hydrogen-bond donors (Lipinski definition) is 1. The molecule has 0 bridgehead atoms. The number of alkyl halides is 3. The van der Waals surface area contributed by atoms with E-state index in [1.807, 2.05) is 18.7 Å². The molecule has 33 heavy (non-hydrogen) atoms. The highest BCUT2D eigenvalue weighted by atomic mass is 32.2. The molecule has 1 N–H and O–H groups in total. The largest absolute Gasteiger partial charge is 0.490 e. The van der Waals surface area contributed by atoms with Crippen molar-refractivity contribution in [3.63, 3.8) is 0 Å². The van der Waals surface area contributed by atoms with Gasteiger partial charge in [0.25, 0.3) is 0 Å². The number of halogens is 3. The Kier molecular flexibility index (Phi) is 8.02. The molecular weight excluding hydrogens is 457 g/mol. The summed E-state index contributed by atoms with van der Waals surface area (Å²) >= 11 is 0. The Hall–Kier alpha value is -2.17. The SMILES string of the molecule is CC(C)C1CCCCN1C[C@H](CNS(=O)(=O)c1cccc2ccccc12)OC(=O)C(F)(F)F. The summed E-state index contributed by atoms with van der Waals surface area (Å²) in [5.41, 5.74) is 0. The fourth-order valence-corrected chi connectivity index (χ4v) is 5.63. The Bertz CT molecular complexity index is 1070. The summed E-state index contributed by atoms with van der Waals surface area (Å²) in [7, 11) is -4.06. The molecule has 0 aliphatic carbocycles. The van der Waals surface area contributed by atoms with Gasteiger partial charge in [-0.15, -0.1) is 0 Å². The third-order valence-electron chi connectivity index (χ3n) is 5.92. The average molecular weight is 487 g/mol. The molecule has 0 spiro atoms. The number of esters is 1. The minimum absolute atomic E-state index is 0.0135. The van der Waals surface area contributed by atoms with Crippen LogP contribution in [0.5, 0.6) is 0 Å². The molecule has 0 amide bonds. The summed E-state index contributed by atoms with van der Waals surface area (Å²) in [5, 5.41) is 1.21. The number of ether oxygens (including phenoxy) is 1. The fourth-order valence-electron chi connectivity index (χ4n) is 4.33. The molecule has 1 heterocycles. The number of nitrogens with one attached hydrogen (secondary N) is 1. The highest BCUT2D eigenvalue weighted by molar-refractivity contribution is 7.89. The Morgan fingerprint density at radius 3 is 2.55 bits per heavy atom. The summed E-state index contributed by atoms with van der Waals surface area (Å²) in [5.74, 6) is -2.06. The molecular formula is C23H29F3N2O4S. The lowest BCUT2D eigenvalue weighted by atomic mass is 9.92. The average Bonchev–Trinajstić information content (AvgIpc) is 2.76. The van der Waals surface area contributed by atoms with Gasteiger partial charge in [-0.2, -0.15) is 13.2 Å². The predicted molar refractivity (Wildman–Crippen MR) is 119 cm³/mol. The van der Waals surface area contributed by atoms with Gasteiger partial charge in [-0.3, -0.25) is 4.90 Å². The van der Waals surface area contributed by atoms with Crippen LogP contribution in [0.25, 0.3) is 10.8 Å². The van der Waals surface area contributed by atoms with E-state index in [-0.39, 0.29) is 23.4 Å². The van der Waals surface area contributed by atoms with E-state index >= 15 is 0 Å². The van der Waals surface area contributed by atoms with Gasteiger partial charge in [0, 0.05) is 24.5 Å². The van der Waals surface area contributed by atoms with E-state index in [2.05, 4.69) is 4.72 Å². The van der Waals surface area contributed by atoms with Crippen molar-refractivity contribution in [3.8, 4) is 0 Å². The first-order valence-electron chi connectivity index (χ1n) is 11.0. The van der Waals surface area contributed by atoms with Gasteiger partial charge in [-0.05, 0) is 36.8 Å². The molecule has 1 aliphatic heterocycles. The van der Waals surface area contributed by atoms with Crippen LogP contribution in [0.1, 0.15) is 33.1 Å². The maximum Gasteiger partial charge on any atom is 0.490 e. The summed E-state index contributed by atoms with van der Waals surface area (Å²) in [6, 6.07) is 11.8. The van der Waals surface area contributed by atoms with Gasteiger partial charge in [0.15, 0.2) is 0 Å². The first-order chi connectivity index (χ1) is 15.5. The second kappa shape index (κ2) is 10.4. The molecule has 3 rings (SSSR count). The number of benzene rings is 2. The Morgan fingerprint density at radius 2 is 1.85 bits per heavy atom. The van der Waals surface area contributed by atoms with E-state index in [1.54, 1.807) is 36.4 Å². The number of rotatable bonds is 8. The molecule has 1 aliphatic rings. The molecule has 2 aromatic carbocycles. The Morgan fingerprint density at radius 1 is 1.15 bits per heavy atom. The molecule has 0 aromatic heterocycles. The van der Waals surface area contributed by atoms with Crippen molar-refractivity contribution in [2.75, 3.05) is 19.6 Å². The molecule has 2 aromatic rings. The number of nitrogens with zero attached hydrogens (tertiary/aromatic N) is 1. The maximum atomic E-state index is 13.0. The highest BCUT2D eigenvalue weighted by Crippen LogP contribution is 2.26. The third kappa shape index (κ3) is 6.45. The number of piperidine rings is 1. The standard InChI is InChI=1S/C23H29F3N2O4S/c1-16(2)20-11-5-6-13-28(20)15-18(32-22(29)23(24,25)26)14-27-33(30,31)21-12-7-9-17-8-3-4-10-19(17)21/h3-4,7-10,12,16,18,20,27H,5-6,11,13-15H2,1-2H3/t18-,20?/m0/s1. The zero-order valence-corrected chi connectivity index (χ0v) is 19.5. The van der Waals surface area contributed by atoms with Crippen molar-refractivity contribution >= 4 is 26.8 Å². The lowest BCUT2D eigenvalue weighted by Gasteiger charge is -2.39. The van der Waals surface area contributed by atoms with Crippen LogP contribution < -0.4 is 4.72 Å². The lowest BCUT2D eigenvalue weighted by molar-refractivity contribution is -0.205. The summed E-state index contributed by atoms with van der Waals surface area (Å²) in [4.78, 5) is 13.6. The van der Waals surface area contributed by atoms with Gasteiger partial charge >= 0.3 is 12.1 Å². The lowest BCUT2D eigenvalue weighted by Crippen LogP contribution is -2.50. The quantitative estimate of drug-likeness (QED) is 0.569. The zero-order chi connectivity index (χ0) is 24.2. The van der Waals surface area contributed by atoms with Crippen LogP contribution in [-0.4, -0.2) is 57.2 Å². The van der Waals surface area contributed by atoms with E-state index in [4.69, 9.17) is 4.74 Å². The normalized spacial score (nSPS) is 19.0. The number of likely N-dealkylation sites (tertiary alicyclic amines) is 1. The summed E-state index contributed by atoms with van der Waals surface area (Å²) in [6.45, 7) is 4.27. The first kappa shape index (κ1) is 25.5. The van der Waals surface area contributed by atoms with E-state index in [9.17, 15) is 26.4 Å². The molecule has 1 saturated heterocycles. The van der Waals surface area contributed by atoms with E-state index < -0.39 is 34.8 Å². The van der Waals surface area contributed by atoms with Crippen molar-refractivity contribution in [2.45, 2.75) is 56.3 Å². The third-order valence-corrected chi connectivity index (χ3v) is 7.40. The molecule has 10 heteroatoms. The maximum absolute atomic E-state index is 13.0. The van der Waals surface area contributed by atoms with Gasteiger partial charge < -0.3 is 4.74 Å². The van der Waals surface area contributed by atoms with E-state index in [0.29, 0.717) is 17.3 Å². The highest BCUT2D eigenvalue weighted by Gasteiger charge is 2.43. The second-order valence-electron chi connectivity index (χ2n) is 8.66. The van der Waals surface area contributed by atoms with Gasteiger partial charge in [0.1, 0.15) is 6.10 Å². The monoisotopic (exact) mass is 486 g/mol. The number of fused-ring (bicyclic) bond motifs is 1. The molecule has 1 fully saturated rings. The van der Waals surface area contributed by atoms with Crippen LogP contribution in [0.15, 0.2) is 47.4 Å². The van der Waals surface area contributed by atoms with Crippen LogP contribution in [0, 0.1) is 5.92 Å². The van der Waals surface area contributed by atoms with Gasteiger partial charge in [0.05, 0.1) is 4.90 Å². The molecule has 182 valence electrons. The van der Waals surface area contributed by atoms with Crippen molar-refractivity contribution in [1.29, 1.82) is 0 Å². The Labute approximate surface area is 192 Å². The minimum Gasteiger partial charge on any atom is -0.453 e. The summed E-state index contributed by atoms with van der Waals surface area (Å²) in [6.07, 6.45) is -3.67. The van der Waals surface area contributed by atoms with E-state index in [0.717, 1.165) is 19.3 Å². The summed E-state index contributed by atoms with van der Waals surface area (Å²) < 4.78 is 71.8. The number of carbonyl (C=O) groups is 1. The first-order valence-corrected chi connectivity index (χ1v) is 12.5. The van der Waals surface area contributed by atoms with Crippen molar-refractivity contribution in [3.05, 3.63) is 42.5 Å². The Balaban J connectivity index is 1.81. The predicted octanol–water partition coefficient (Wildman–Crippen LogP) is 4.10. The zero-order valence-electron chi connectivity index (χ0n) is 18.6. The minimum atomic E-state index is -5.16. The van der Waals surface area contributed by atoms with Crippen molar-refractivity contribution in [1.82, 2.24) is 9.62 Å². The molecule has 1 unspecified atom stereocenters. The molecule has 6 nitrogen and oxygen atoms in total. The number of carbonyl (C=O) groups excluding carboxylic acids is 1. The molecule has 2 atom stereocenters. The van der Waals surface area contributed by atoms with Gasteiger partial charge in [-0.25, -0.2) is 17.9 Å². The second-order valence-corrected chi connectivity index (χ2v) is 10.4. The van der Waals surface area contributed by atoms with Crippen molar-refractivity contribution < 1.29 is 31.1 Å². The topological polar surface area (TPSA) is 75.7 Å². The number of sulfonamides is 1. The van der Waals surface area contributed by atoms with Gasteiger partial charge in [-0.1, -0.05) is 56.7 Å². The fraction of sp³-hybridized carbons (Fsp3) is 0.522. The van der Waals surface area contributed by atoms with Crippen LogP contribution in [0.3, 0.4) is 0 Å². The number of hydrogen-bond acceptors (Lipinski definition) is 5. The molecule has 0 radical (unpaired) electrons. The van der Waals surface area contributed by atoms with Gasteiger partial charge in [0.2, 0.25) is 10.0 Å². The van der Waals surface area contributed by atoms with Crippen LogP contribution in [-0.2, 0) is 19.6 Å².